The van der Waals surface area contributed by atoms with Crippen LogP contribution in [-0.2, 0) is 0 Å². The van der Waals surface area contributed by atoms with Crippen LogP contribution in [0, 0.1) is 0 Å². The zero-order valence-electron chi connectivity index (χ0n) is 14.2. The molecule has 0 bridgehead atoms. The van der Waals surface area contributed by atoms with Crippen molar-refractivity contribution in [3.63, 3.8) is 0 Å². The van der Waals surface area contributed by atoms with Gasteiger partial charge in [0, 0.05) is 25.7 Å². The van der Waals surface area contributed by atoms with Gasteiger partial charge in [0.05, 0.1) is 22.0 Å². The van der Waals surface area contributed by atoms with Gasteiger partial charge >= 0.3 is 0 Å². The first kappa shape index (κ1) is 16.6. The number of rotatable bonds is 4. The van der Waals surface area contributed by atoms with E-state index in [0.717, 1.165) is 17.1 Å². The monoisotopic (exact) mass is 402 g/mol. The Morgan fingerprint density at radius 3 is 1.96 bits per heavy atom. The van der Waals surface area contributed by atoms with Gasteiger partial charge in [0.15, 0.2) is 0 Å². The molecule has 5 heteroatoms. The second kappa shape index (κ2) is 7.19. The van der Waals surface area contributed by atoms with Gasteiger partial charge in [-0.05, 0) is 60.0 Å². The van der Waals surface area contributed by atoms with Gasteiger partial charge in [-0.3, -0.25) is 4.98 Å². The van der Waals surface area contributed by atoms with Gasteiger partial charge in [0.2, 0.25) is 0 Å². The van der Waals surface area contributed by atoms with Gasteiger partial charge in [-0.15, -0.1) is 34.0 Å². The van der Waals surface area contributed by atoms with E-state index in [9.17, 15) is 0 Å². The lowest BCUT2D eigenvalue weighted by Crippen LogP contribution is -1.88. The molecule has 0 aromatic carbocycles. The molecule has 0 spiro atoms. The third kappa shape index (κ3) is 3.37. The van der Waals surface area contributed by atoms with E-state index in [4.69, 9.17) is 4.98 Å². The highest BCUT2D eigenvalue weighted by Crippen LogP contribution is 2.41. The Morgan fingerprint density at radius 1 is 0.519 bits per heavy atom. The van der Waals surface area contributed by atoms with Crippen LogP contribution in [0.1, 0.15) is 0 Å². The van der Waals surface area contributed by atoms with E-state index in [1.54, 1.807) is 28.9 Å². The molecule has 0 amide bonds. The third-order valence-electron chi connectivity index (χ3n) is 4.15. The molecule has 2 nitrogen and oxygen atoms in total. The molecule has 0 fully saturated rings. The third-order valence-corrected chi connectivity index (χ3v) is 7.60. The summed E-state index contributed by atoms with van der Waals surface area (Å²) in [6.07, 6.45) is 1.80. The van der Waals surface area contributed by atoms with Crippen molar-refractivity contribution in [2.45, 2.75) is 0 Å². The Labute approximate surface area is 169 Å². The number of aromatic nitrogens is 2. The molecule has 0 atom stereocenters. The van der Waals surface area contributed by atoms with Crippen LogP contribution < -0.4 is 0 Å². The fraction of sp³-hybridized carbons (Fsp3) is 0. The van der Waals surface area contributed by atoms with Crippen LogP contribution in [0.2, 0.25) is 0 Å². The van der Waals surface area contributed by atoms with Crippen LogP contribution in [0.5, 0.6) is 0 Å². The standard InChI is InChI=1S/C22H14N2S3/c1-2-13-23-15(5-1)16-6-3-7-17(24-16)18-9-10-21(26-18)22-12-11-20(27-22)19-8-4-14-25-19/h1-14H. The number of pyridine rings is 2. The first-order valence-electron chi connectivity index (χ1n) is 8.49. The van der Waals surface area contributed by atoms with Crippen molar-refractivity contribution in [2.75, 3.05) is 0 Å². The predicted molar refractivity (Wildman–Crippen MR) is 117 cm³/mol. The van der Waals surface area contributed by atoms with Gasteiger partial charge in [0.25, 0.3) is 0 Å². The summed E-state index contributed by atoms with van der Waals surface area (Å²) in [7, 11) is 0. The topological polar surface area (TPSA) is 25.8 Å². The summed E-state index contributed by atoms with van der Waals surface area (Å²) < 4.78 is 0. The molecule has 5 heterocycles. The summed E-state index contributed by atoms with van der Waals surface area (Å²) in [5.74, 6) is 0. The van der Waals surface area contributed by atoms with Crippen molar-refractivity contribution in [1.29, 1.82) is 0 Å². The Balaban J connectivity index is 1.46. The largest absolute Gasteiger partial charge is 0.255 e. The number of thiophene rings is 3. The minimum atomic E-state index is 0.898. The van der Waals surface area contributed by atoms with Crippen LogP contribution >= 0.6 is 34.0 Å². The lowest BCUT2D eigenvalue weighted by molar-refractivity contribution is 1.25. The summed E-state index contributed by atoms with van der Waals surface area (Å²) in [5.41, 5.74) is 2.79. The Hall–Kier alpha value is -2.60. The van der Waals surface area contributed by atoms with Crippen LogP contribution in [-0.4, -0.2) is 9.97 Å². The second-order valence-corrected chi connectivity index (χ2v) is 9.04. The molecule has 0 radical (unpaired) electrons. The average molecular weight is 403 g/mol. The molecule has 130 valence electrons. The summed E-state index contributed by atoms with van der Waals surface area (Å²) >= 11 is 5.41. The maximum absolute atomic E-state index is 4.82. The highest BCUT2D eigenvalue weighted by Gasteiger charge is 2.11. The van der Waals surface area contributed by atoms with Crippen molar-refractivity contribution in [3.05, 3.63) is 84.4 Å². The van der Waals surface area contributed by atoms with Crippen molar-refractivity contribution >= 4 is 34.0 Å². The first-order chi connectivity index (χ1) is 13.4. The number of hydrogen-bond donors (Lipinski definition) is 0. The normalized spacial score (nSPS) is 11.0. The van der Waals surface area contributed by atoms with E-state index in [1.165, 1.54) is 24.4 Å². The highest BCUT2D eigenvalue weighted by molar-refractivity contribution is 7.27. The van der Waals surface area contributed by atoms with Crippen molar-refractivity contribution < 1.29 is 0 Å². The minimum absolute atomic E-state index is 0.898. The maximum atomic E-state index is 4.82. The Kier molecular flexibility index (Phi) is 4.41. The van der Waals surface area contributed by atoms with Gasteiger partial charge < -0.3 is 0 Å². The van der Waals surface area contributed by atoms with E-state index in [2.05, 4.69) is 52.8 Å². The molecule has 0 aliphatic heterocycles. The molecule has 0 aliphatic rings. The number of hydrogen-bond acceptors (Lipinski definition) is 5. The molecule has 5 aromatic heterocycles. The second-order valence-electron chi connectivity index (χ2n) is 5.93. The predicted octanol–water partition coefficient (Wildman–Crippen LogP) is 7.33. The number of nitrogens with zero attached hydrogens (tertiary/aromatic N) is 2. The molecule has 0 aliphatic carbocycles. The van der Waals surface area contributed by atoms with E-state index < -0.39 is 0 Å². The van der Waals surface area contributed by atoms with E-state index in [1.807, 2.05) is 41.7 Å². The quantitative estimate of drug-likeness (QED) is 0.314. The Morgan fingerprint density at radius 2 is 1.22 bits per heavy atom. The molecule has 0 unspecified atom stereocenters. The van der Waals surface area contributed by atoms with Crippen LogP contribution in [0.25, 0.3) is 41.5 Å². The summed E-state index contributed by atoms with van der Waals surface area (Å²) in [6.45, 7) is 0. The van der Waals surface area contributed by atoms with Crippen molar-refractivity contribution in [3.8, 4) is 41.5 Å². The highest BCUT2D eigenvalue weighted by atomic mass is 32.1. The van der Waals surface area contributed by atoms with Gasteiger partial charge in [-0.2, -0.15) is 0 Å². The fourth-order valence-corrected chi connectivity index (χ4v) is 5.77. The first-order valence-corrected chi connectivity index (χ1v) is 11.0. The van der Waals surface area contributed by atoms with Gasteiger partial charge in [-0.1, -0.05) is 18.2 Å². The molecule has 0 N–H and O–H groups in total. The molecular formula is C22H14N2S3. The lowest BCUT2D eigenvalue weighted by Gasteiger charge is -2.02. The van der Waals surface area contributed by atoms with Crippen LogP contribution in [0.3, 0.4) is 0 Å². The molecular weight excluding hydrogens is 388 g/mol. The van der Waals surface area contributed by atoms with Crippen molar-refractivity contribution in [2.24, 2.45) is 0 Å². The van der Waals surface area contributed by atoms with E-state index in [-0.39, 0.29) is 0 Å². The van der Waals surface area contributed by atoms with Gasteiger partial charge in [0.1, 0.15) is 0 Å². The van der Waals surface area contributed by atoms with E-state index in [0.29, 0.717) is 0 Å². The SMILES string of the molecule is c1ccc(-c2cccc(-c3ccc(-c4ccc(-c5cccs5)s4)s3)n2)nc1. The zero-order valence-corrected chi connectivity index (χ0v) is 16.7. The maximum Gasteiger partial charge on any atom is 0.0894 e. The summed E-state index contributed by atoms with van der Waals surface area (Å²) in [5, 5.41) is 2.12. The van der Waals surface area contributed by atoms with Crippen molar-refractivity contribution in [1.82, 2.24) is 9.97 Å². The minimum Gasteiger partial charge on any atom is -0.255 e. The summed E-state index contributed by atoms with van der Waals surface area (Å²) in [6, 6.07) is 25.1. The molecule has 0 saturated carbocycles. The fourth-order valence-electron chi connectivity index (χ4n) is 2.86. The lowest BCUT2D eigenvalue weighted by atomic mass is 10.2. The zero-order chi connectivity index (χ0) is 18.1. The Bertz CT molecular complexity index is 1170. The molecule has 5 aromatic rings. The summed E-state index contributed by atoms with van der Waals surface area (Å²) in [4.78, 5) is 15.6. The molecule has 0 saturated heterocycles. The smallest absolute Gasteiger partial charge is 0.0894 e. The van der Waals surface area contributed by atoms with Crippen LogP contribution in [0.4, 0.5) is 0 Å². The average Bonchev–Trinajstić information content (AvgIpc) is 3.49. The van der Waals surface area contributed by atoms with Crippen LogP contribution in [0.15, 0.2) is 84.4 Å². The van der Waals surface area contributed by atoms with Gasteiger partial charge in [-0.25, -0.2) is 4.98 Å². The molecule has 27 heavy (non-hydrogen) atoms. The van der Waals surface area contributed by atoms with E-state index >= 15 is 0 Å². The molecule has 5 rings (SSSR count).